The number of hydrogen-bond acceptors (Lipinski definition) is 1. The van der Waals surface area contributed by atoms with E-state index in [9.17, 15) is 0 Å². The summed E-state index contributed by atoms with van der Waals surface area (Å²) in [4.78, 5) is 0. The summed E-state index contributed by atoms with van der Waals surface area (Å²) in [5.41, 5.74) is 0.158. The van der Waals surface area contributed by atoms with Crippen molar-refractivity contribution in [3.05, 3.63) is 0 Å². The molecular formula is C13H25BrO. The first-order valence-corrected chi connectivity index (χ1v) is 7.51. The van der Waals surface area contributed by atoms with Crippen molar-refractivity contribution >= 4 is 15.9 Å². The van der Waals surface area contributed by atoms with E-state index in [0.717, 1.165) is 17.9 Å². The lowest BCUT2D eigenvalue weighted by molar-refractivity contribution is -0.0413. The minimum absolute atomic E-state index is 0.158. The molecule has 0 N–H and O–H groups in total. The van der Waals surface area contributed by atoms with Gasteiger partial charge in [-0.2, -0.15) is 0 Å². The summed E-state index contributed by atoms with van der Waals surface area (Å²) >= 11 is 3.65. The average molecular weight is 277 g/mol. The van der Waals surface area contributed by atoms with Crippen LogP contribution in [0.15, 0.2) is 0 Å². The lowest BCUT2D eigenvalue weighted by Crippen LogP contribution is -2.34. The van der Waals surface area contributed by atoms with Gasteiger partial charge in [0.05, 0.1) is 5.60 Å². The van der Waals surface area contributed by atoms with Crippen LogP contribution in [0.25, 0.3) is 0 Å². The van der Waals surface area contributed by atoms with Crippen LogP contribution in [-0.2, 0) is 4.74 Å². The Bertz CT molecular complexity index is 160. The van der Waals surface area contributed by atoms with Crippen molar-refractivity contribution in [3.8, 4) is 0 Å². The molecule has 0 heterocycles. The fourth-order valence-electron chi connectivity index (χ4n) is 2.20. The van der Waals surface area contributed by atoms with Crippen LogP contribution < -0.4 is 0 Å². The third kappa shape index (κ3) is 4.86. The molecule has 90 valence electrons. The number of rotatable bonds is 5. The number of hydrogen-bond donors (Lipinski definition) is 0. The first-order valence-electron chi connectivity index (χ1n) is 6.38. The fourth-order valence-corrected chi connectivity index (χ4v) is 2.92. The molecule has 0 bridgehead atoms. The smallest absolute Gasteiger partial charge is 0.0778 e. The molecule has 0 aromatic carbocycles. The molecule has 0 aromatic rings. The maximum Gasteiger partial charge on any atom is 0.0778 e. The fraction of sp³-hybridized carbons (Fsp3) is 1.00. The first-order chi connectivity index (χ1) is 7.18. The number of halogens is 1. The Hall–Kier alpha value is 0.440. The average Bonchev–Trinajstić information content (AvgIpc) is 2.44. The standard InChI is InChI=1S/C13H25BrO/c1-12(2)7-10-15-13(11-14)8-5-3-4-6-9-13/h12H,3-11H2,1-2H3. The Morgan fingerprint density at radius 1 is 1.13 bits per heavy atom. The van der Waals surface area contributed by atoms with Crippen LogP contribution in [0.4, 0.5) is 0 Å². The highest BCUT2D eigenvalue weighted by atomic mass is 79.9. The molecule has 0 spiro atoms. The summed E-state index contributed by atoms with van der Waals surface area (Å²) in [6, 6.07) is 0. The second-order valence-electron chi connectivity index (χ2n) is 5.26. The molecular weight excluding hydrogens is 252 g/mol. The van der Waals surface area contributed by atoms with E-state index in [0.29, 0.717) is 0 Å². The van der Waals surface area contributed by atoms with Crippen molar-refractivity contribution in [1.82, 2.24) is 0 Å². The molecule has 0 amide bonds. The zero-order valence-corrected chi connectivity index (χ0v) is 11.8. The Morgan fingerprint density at radius 2 is 1.73 bits per heavy atom. The molecule has 0 unspecified atom stereocenters. The zero-order chi connectivity index (χ0) is 11.1. The van der Waals surface area contributed by atoms with Crippen molar-refractivity contribution in [1.29, 1.82) is 0 Å². The van der Waals surface area contributed by atoms with Gasteiger partial charge in [-0.1, -0.05) is 55.5 Å². The second-order valence-corrected chi connectivity index (χ2v) is 5.82. The molecule has 2 heteroatoms. The maximum atomic E-state index is 6.16. The normalized spacial score (nSPS) is 21.6. The Labute approximate surface area is 103 Å². The van der Waals surface area contributed by atoms with Gasteiger partial charge in [0, 0.05) is 11.9 Å². The van der Waals surface area contributed by atoms with Crippen LogP contribution >= 0.6 is 15.9 Å². The van der Waals surface area contributed by atoms with Gasteiger partial charge in [-0.3, -0.25) is 0 Å². The van der Waals surface area contributed by atoms with Crippen LogP contribution in [0.1, 0.15) is 58.8 Å². The summed E-state index contributed by atoms with van der Waals surface area (Å²) in [7, 11) is 0. The van der Waals surface area contributed by atoms with E-state index in [2.05, 4.69) is 29.8 Å². The van der Waals surface area contributed by atoms with Gasteiger partial charge in [0.1, 0.15) is 0 Å². The van der Waals surface area contributed by atoms with Crippen LogP contribution in [0.2, 0.25) is 0 Å². The Balaban J connectivity index is 2.36. The molecule has 1 rings (SSSR count). The Morgan fingerprint density at radius 3 is 2.20 bits per heavy atom. The molecule has 0 saturated heterocycles. The summed E-state index contributed by atoms with van der Waals surface area (Å²) in [5, 5.41) is 1.01. The van der Waals surface area contributed by atoms with Gasteiger partial charge in [-0.15, -0.1) is 0 Å². The largest absolute Gasteiger partial charge is 0.374 e. The summed E-state index contributed by atoms with van der Waals surface area (Å²) in [6.07, 6.45) is 9.15. The van der Waals surface area contributed by atoms with Crippen LogP contribution in [-0.4, -0.2) is 17.5 Å². The number of alkyl halides is 1. The van der Waals surface area contributed by atoms with E-state index in [1.165, 1.54) is 44.9 Å². The summed E-state index contributed by atoms with van der Waals surface area (Å²) in [5.74, 6) is 0.753. The SMILES string of the molecule is CC(C)CCOC1(CBr)CCCCCC1. The van der Waals surface area contributed by atoms with Gasteiger partial charge in [0.2, 0.25) is 0 Å². The van der Waals surface area contributed by atoms with Gasteiger partial charge < -0.3 is 4.74 Å². The van der Waals surface area contributed by atoms with Crippen LogP contribution in [0, 0.1) is 5.92 Å². The van der Waals surface area contributed by atoms with Crippen molar-refractivity contribution in [2.45, 2.75) is 64.4 Å². The molecule has 0 atom stereocenters. The van der Waals surface area contributed by atoms with Gasteiger partial charge >= 0.3 is 0 Å². The minimum Gasteiger partial charge on any atom is -0.374 e. The quantitative estimate of drug-likeness (QED) is 0.529. The van der Waals surface area contributed by atoms with E-state index < -0.39 is 0 Å². The Kier molecular flexibility index (Phi) is 6.21. The highest BCUT2D eigenvalue weighted by molar-refractivity contribution is 9.09. The highest BCUT2D eigenvalue weighted by Gasteiger charge is 2.30. The highest BCUT2D eigenvalue weighted by Crippen LogP contribution is 2.32. The van der Waals surface area contributed by atoms with E-state index in [4.69, 9.17) is 4.74 Å². The van der Waals surface area contributed by atoms with Gasteiger partial charge in [0.25, 0.3) is 0 Å². The van der Waals surface area contributed by atoms with E-state index >= 15 is 0 Å². The molecule has 1 fully saturated rings. The van der Waals surface area contributed by atoms with E-state index in [-0.39, 0.29) is 5.60 Å². The monoisotopic (exact) mass is 276 g/mol. The van der Waals surface area contributed by atoms with Crippen molar-refractivity contribution in [3.63, 3.8) is 0 Å². The molecule has 1 nitrogen and oxygen atoms in total. The molecule has 1 aliphatic carbocycles. The minimum atomic E-state index is 0.158. The third-order valence-corrected chi connectivity index (χ3v) is 4.38. The van der Waals surface area contributed by atoms with Gasteiger partial charge in [-0.05, 0) is 25.2 Å². The molecule has 0 radical (unpaired) electrons. The molecule has 15 heavy (non-hydrogen) atoms. The molecule has 1 aliphatic rings. The van der Waals surface area contributed by atoms with Gasteiger partial charge in [-0.25, -0.2) is 0 Å². The predicted octanol–water partition coefficient (Wildman–Crippen LogP) is 4.54. The number of ether oxygens (including phenoxy) is 1. The molecule has 1 saturated carbocycles. The summed E-state index contributed by atoms with van der Waals surface area (Å²) in [6.45, 7) is 5.46. The third-order valence-electron chi connectivity index (χ3n) is 3.36. The van der Waals surface area contributed by atoms with Crippen LogP contribution in [0.3, 0.4) is 0 Å². The van der Waals surface area contributed by atoms with E-state index in [1.807, 2.05) is 0 Å². The molecule has 0 aromatic heterocycles. The maximum absolute atomic E-state index is 6.16. The second kappa shape index (κ2) is 6.90. The van der Waals surface area contributed by atoms with Gasteiger partial charge in [0.15, 0.2) is 0 Å². The lowest BCUT2D eigenvalue weighted by Gasteiger charge is -2.31. The predicted molar refractivity (Wildman–Crippen MR) is 69.6 cm³/mol. The van der Waals surface area contributed by atoms with Crippen molar-refractivity contribution in [2.75, 3.05) is 11.9 Å². The first kappa shape index (κ1) is 13.5. The van der Waals surface area contributed by atoms with Crippen molar-refractivity contribution in [2.24, 2.45) is 5.92 Å². The lowest BCUT2D eigenvalue weighted by atomic mass is 9.96. The van der Waals surface area contributed by atoms with Crippen molar-refractivity contribution < 1.29 is 4.74 Å². The zero-order valence-electron chi connectivity index (χ0n) is 10.2. The molecule has 0 aliphatic heterocycles. The van der Waals surface area contributed by atoms with Crippen LogP contribution in [0.5, 0.6) is 0 Å². The van der Waals surface area contributed by atoms with E-state index in [1.54, 1.807) is 0 Å². The topological polar surface area (TPSA) is 9.23 Å². The summed E-state index contributed by atoms with van der Waals surface area (Å²) < 4.78 is 6.16.